The Hall–Kier alpha value is -0.250. The summed E-state index contributed by atoms with van der Waals surface area (Å²) < 4.78 is 6.05. The lowest BCUT2D eigenvalue weighted by molar-refractivity contribution is 0.150. The van der Waals surface area contributed by atoms with Crippen LogP contribution in [-0.4, -0.2) is 12.2 Å². The van der Waals surface area contributed by atoms with Crippen LogP contribution in [0.5, 0.6) is 5.75 Å². The molecule has 0 heterocycles. The fourth-order valence-electron chi connectivity index (χ4n) is 1.68. The minimum atomic E-state index is -0.463. The predicted molar refractivity (Wildman–Crippen MR) is 63.4 cm³/mol. The van der Waals surface area contributed by atoms with Gasteiger partial charge in [-0.05, 0) is 46.8 Å². The van der Waals surface area contributed by atoms with E-state index in [1.54, 1.807) is 19.2 Å². The third kappa shape index (κ3) is 2.30. The smallest absolute Gasteiger partial charge is 0.138 e. The van der Waals surface area contributed by atoms with Gasteiger partial charge in [0.2, 0.25) is 0 Å². The van der Waals surface area contributed by atoms with E-state index in [0.29, 0.717) is 16.7 Å². The molecule has 1 N–H and O–H groups in total. The van der Waals surface area contributed by atoms with Gasteiger partial charge < -0.3 is 9.84 Å². The summed E-state index contributed by atoms with van der Waals surface area (Å²) in [6.07, 6.45) is 1.69. The molecule has 0 aromatic heterocycles. The molecule has 82 valence electrons. The van der Waals surface area contributed by atoms with Gasteiger partial charge >= 0.3 is 0 Å². The number of benzene rings is 1. The summed E-state index contributed by atoms with van der Waals surface area (Å²) in [4.78, 5) is 0. The van der Waals surface area contributed by atoms with Crippen molar-refractivity contribution in [1.29, 1.82) is 0 Å². The van der Waals surface area contributed by atoms with Crippen molar-refractivity contribution in [2.24, 2.45) is 5.92 Å². The zero-order valence-electron chi connectivity index (χ0n) is 8.34. The van der Waals surface area contributed by atoms with E-state index < -0.39 is 6.10 Å². The SMILES string of the molecule is COc1c(Br)cc(Cl)cc1C(O)C1CC1. The van der Waals surface area contributed by atoms with Crippen molar-refractivity contribution >= 4 is 27.5 Å². The minimum absolute atomic E-state index is 0.365. The highest BCUT2D eigenvalue weighted by molar-refractivity contribution is 9.10. The molecule has 15 heavy (non-hydrogen) atoms. The minimum Gasteiger partial charge on any atom is -0.495 e. The van der Waals surface area contributed by atoms with Crippen LogP contribution in [0.2, 0.25) is 5.02 Å². The Balaban J connectivity index is 2.42. The largest absolute Gasteiger partial charge is 0.495 e. The van der Waals surface area contributed by atoms with Crippen molar-refractivity contribution in [2.75, 3.05) is 7.11 Å². The van der Waals surface area contributed by atoms with E-state index in [-0.39, 0.29) is 0 Å². The van der Waals surface area contributed by atoms with Crippen LogP contribution in [0, 0.1) is 5.92 Å². The maximum Gasteiger partial charge on any atom is 0.138 e. The number of aliphatic hydroxyl groups is 1. The Bertz CT molecular complexity index is 377. The number of rotatable bonds is 3. The second-order valence-corrected chi connectivity index (χ2v) is 5.08. The number of hydrogen-bond donors (Lipinski definition) is 1. The molecule has 0 radical (unpaired) electrons. The lowest BCUT2D eigenvalue weighted by Crippen LogP contribution is -2.03. The second-order valence-electron chi connectivity index (χ2n) is 3.79. The van der Waals surface area contributed by atoms with E-state index in [1.165, 1.54) is 0 Å². The Labute approximate surface area is 102 Å². The van der Waals surface area contributed by atoms with Gasteiger partial charge in [-0.25, -0.2) is 0 Å². The second kappa shape index (κ2) is 4.32. The van der Waals surface area contributed by atoms with Gasteiger partial charge in [0.15, 0.2) is 0 Å². The monoisotopic (exact) mass is 290 g/mol. The van der Waals surface area contributed by atoms with Crippen molar-refractivity contribution < 1.29 is 9.84 Å². The molecule has 0 saturated heterocycles. The Morgan fingerprint density at radius 3 is 2.73 bits per heavy atom. The molecular formula is C11H12BrClO2. The van der Waals surface area contributed by atoms with Gasteiger partial charge in [-0.1, -0.05) is 11.6 Å². The summed E-state index contributed by atoms with van der Waals surface area (Å²) in [5, 5.41) is 10.7. The first-order valence-electron chi connectivity index (χ1n) is 4.84. The van der Waals surface area contributed by atoms with E-state index in [4.69, 9.17) is 16.3 Å². The Morgan fingerprint density at radius 1 is 1.53 bits per heavy atom. The number of methoxy groups -OCH3 is 1. The van der Waals surface area contributed by atoms with Crippen LogP contribution in [0.15, 0.2) is 16.6 Å². The highest BCUT2D eigenvalue weighted by atomic mass is 79.9. The van der Waals surface area contributed by atoms with Crippen molar-refractivity contribution in [3.8, 4) is 5.75 Å². The molecule has 1 saturated carbocycles. The highest BCUT2D eigenvalue weighted by Gasteiger charge is 2.33. The molecule has 0 amide bonds. The van der Waals surface area contributed by atoms with Crippen LogP contribution >= 0.6 is 27.5 Å². The molecule has 2 rings (SSSR count). The zero-order valence-corrected chi connectivity index (χ0v) is 10.7. The molecule has 1 atom stereocenters. The van der Waals surface area contributed by atoms with Crippen LogP contribution in [0.25, 0.3) is 0 Å². The van der Waals surface area contributed by atoms with Gasteiger partial charge in [0, 0.05) is 10.6 Å². The average molecular weight is 292 g/mol. The van der Waals surface area contributed by atoms with E-state index in [1.807, 2.05) is 0 Å². The topological polar surface area (TPSA) is 29.5 Å². The molecule has 0 aliphatic heterocycles. The Kier molecular flexibility index (Phi) is 3.24. The highest BCUT2D eigenvalue weighted by Crippen LogP contribution is 2.46. The van der Waals surface area contributed by atoms with Crippen LogP contribution in [0.1, 0.15) is 24.5 Å². The number of hydrogen-bond acceptors (Lipinski definition) is 2. The molecule has 1 fully saturated rings. The summed E-state index contributed by atoms with van der Waals surface area (Å²) in [5.41, 5.74) is 0.777. The lowest BCUT2D eigenvalue weighted by atomic mass is 10.0. The molecule has 2 nitrogen and oxygen atoms in total. The lowest BCUT2D eigenvalue weighted by Gasteiger charge is -2.15. The molecule has 0 bridgehead atoms. The quantitative estimate of drug-likeness (QED) is 0.923. The summed E-state index contributed by atoms with van der Waals surface area (Å²) in [5.74, 6) is 1.04. The van der Waals surface area contributed by atoms with E-state index in [0.717, 1.165) is 22.9 Å². The first-order valence-corrected chi connectivity index (χ1v) is 6.01. The first kappa shape index (κ1) is 11.2. The maximum absolute atomic E-state index is 10.1. The van der Waals surface area contributed by atoms with E-state index in [2.05, 4.69) is 15.9 Å². The van der Waals surface area contributed by atoms with Crippen LogP contribution < -0.4 is 4.74 Å². The number of aliphatic hydroxyl groups excluding tert-OH is 1. The molecule has 1 aromatic rings. The molecule has 1 aliphatic rings. The fourth-order valence-corrected chi connectivity index (χ4v) is 2.68. The summed E-state index contributed by atoms with van der Waals surface area (Å²) in [6.45, 7) is 0. The zero-order chi connectivity index (χ0) is 11.0. The van der Waals surface area contributed by atoms with Gasteiger partial charge in [0.25, 0.3) is 0 Å². The molecule has 0 spiro atoms. The van der Waals surface area contributed by atoms with Crippen LogP contribution in [0.4, 0.5) is 0 Å². The van der Waals surface area contributed by atoms with E-state index in [9.17, 15) is 5.11 Å². The van der Waals surface area contributed by atoms with Crippen molar-refractivity contribution in [1.82, 2.24) is 0 Å². The normalized spacial score (nSPS) is 17.6. The summed E-state index contributed by atoms with van der Waals surface area (Å²) in [7, 11) is 1.59. The van der Waals surface area contributed by atoms with Crippen LogP contribution in [-0.2, 0) is 0 Å². The van der Waals surface area contributed by atoms with Gasteiger partial charge in [0.1, 0.15) is 5.75 Å². The van der Waals surface area contributed by atoms with Gasteiger partial charge in [-0.2, -0.15) is 0 Å². The molecule has 1 unspecified atom stereocenters. The molecular weight excluding hydrogens is 279 g/mol. The summed E-state index contributed by atoms with van der Waals surface area (Å²) in [6, 6.07) is 3.54. The van der Waals surface area contributed by atoms with E-state index >= 15 is 0 Å². The first-order chi connectivity index (χ1) is 7.13. The molecule has 1 aromatic carbocycles. The Morgan fingerprint density at radius 2 is 2.20 bits per heavy atom. The number of halogens is 2. The van der Waals surface area contributed by atoms with Gasteiger partial charge in [-0.15, -0.1) is 0 Å². The summed E-state index contributed by atoms with van der Waals surface area (Å²) >= 11 is 9.33. The van der Waals surface area contributed by atoms with Gasteiger partial charge in [-0.3, -0.25) is 0 Å². The maximum atomic E-state index is 10.1. The third-order valence-electron chi connectivity index (χ3n) is 2.63. The molecule has 1 aliphatic carbocycles. The van der Waals surface area contributed by atoms with Crippen LogP contribution in [0.3, 0.4) is 0 Å². The van der Waals surface area contributed by atoms with Crippen molar-refractivity contribution in [3.63, 3.8) is 0 Å². The third-order valence-corrected chi connectivity index (χ3v) is 3.44. The standard InChI is InChI=1S/C11H12BrClO2/c1-15-11-8(10(14)6-2-3-6)4-7(13)5-9(11)12/h4-6,10,14H,2-3H2,1H3. The number of ether oxygens (including phenoxy) is 1. The predicted octanol–water partition coefficient (Wildman–Crippen LogP) is 3.55. The fraction of sp³-hybridized carbons (Fsp3) is 0.455. The van der Waals surface area contributed by atoms with Gasteiger partial charge in [0.05, 0.1) is 17.7 Å². The van der Waals surface area contributed by atoms with Crippen molar-refractivity contribution in [2.45, 2.75) is 18.9 Å². The average Bonchev–Trinajstić information content (AvgIpc) is 2.98. The van der Waals surface area contributed by atoms with Crippen molar-refractivity contribution in [3.05, 3.63) is 27.2 Å². The molecule has 4 heteroatoms.